The lowest BCUT2D eigenvalue weighted by Gasteiger charge is -2.36. The number of aromatic nitrogens is 3. The minimum atomic E-state index is 0.657. The van der Waals surface area contributed by atoms with Gasteiger partial charge in [0, 0.05) is 62.1 Å². The Labute approximate surface area is 192 Å². The van der Waals surface area contributed by atoms with Crippen molar-refractivity contribution in [2.45, 2.75) is 53.5 Å². The minimum absolute atomic E-state index is 0.657. The molecule has 5 nitrogen and oxygen atoms in total. The molecule has 4 rings (SSSR count). The standard InChI is InChI=1S/C27H37N5/c1-6-26-25(27-28-21(4)18-22(5)32(27)29-26)19-24-11-9-23(10-12-24)8-7-13-30-14-16-31(17-15-30)20(2)3/h7-12,18,20H,6,13-17,19H2,1-5H3/b8-7+. The van der Waals surface area contributed by atoms with E-state index in [4.69, 9.17) is 10.1 Å². The van der Waals surface area contributed by atoms with Crippen molar-refractivity contribution in [3.63, 3.8) is 0 Å². The van der Waals surface area contributed by atoms with Gasteiger partial charge in [0.25, 0.3) is 0 Å². The maximum atomic E-state index is 4.82. The Morgan fingerprint density at radius 1 is 1.03 bits per heavy atom. The number of rotatable bonds is 7. The van der Waals surface area contributed by atoms with E-state index in [0.29, 0.717) is 6.04 Å². The number of piperazine rings is 1. The van der Waals surface area contributed by atoms with Gasteiger partial charge in [-0.3, -0.25) is 9.80 Å². The first-order valence-electron chi connectivity index (χ1n) is 12.0. The average molecular weight is 432 g/mol. The number of nitrogens with zero attached hydrogens (tertiary/aromatic N) is 5. The van der Waals surface area contributed by atoms with Gasteiger partial charge in [-0.15, -0.1) is 0 Å². The molecule has 3 heterocycles. The Hall–Kier alpha value is -2.50. The molecular formula is C27H37N5. The predicted octanol–water partition coefficient (Wildman–Crippen LogP) is 4.54. The molecule has 0 radical (unpaired) electrons. The molecule has 0 amide bonds. The molecule has 32 heavy (non-hydrogen) atoms. The van der Waals surface area contributed by atoms with Crippen molar-refractivity contribution in [1.29, 1.82) is 0 Å². The lowest BCUT2D eigenvalue weighted by molar-refractivity contribution is 0.117. The van der Waals surface area contributed by atoms with Gasteiger partial charge in [-0.05, 0) is 51.3 Å². The van der Waals surface area contributed by atoms with E-state index in [1.54, 1.807) is 0 Å². The van der Waals surface area contributed by atoms with Gasteiger partial charge in [0.05, 0.1) is 5.69 Å². The highest BCUT2D eigenvalue weighted by Gasteiger charge is 2.17. The SMILES string of the molecule is CCc1nn2c(C)cc(C)nc2c1Cc1ccc(/C=C/CN2CCN(C(C)C)CC2)cc1. The summed E-state index contributed by atoms with van der Waals surface area (Å²) in [6, 6.07) is 11.7. The molecule has 0 spiro atoms. The van der Waals surface area contributed by atoms with Crippen LogP contribution < -0.4 is 0 Å². The van der Waals surface area contributed by atoms with Crippen LogP contribution in [-0.4, -0.2) is 63.2 Å². The minimum Gasteiger partial charge on any atom is -0.298 e. The van der Waals surface area contributed by atoms with E-state index in [1.807, 2.05) is 4.52 Å². The van der Waals surface area contributed by atoms with E-state index >= 15 is 0 Å². The van der Waals surface area contributed by atoms with Crippen LogP contribution in [0.4, 0.5) is 0 Å². The number of fused-ring (bicyclic) bond motifs is 1. The molecule has 5 heteroatoms. The van der Waals surface area contributed by atoms with E-state index in [2.05, 4.69) is 86.9 Å². The van der Waals surface area contributed by atoms with Crippen LogP contribution in [0.15, 0.2) is 36.4 Å². The first-order chi connectivity index (χ1) is 15.4. The highest BCUT2D eigenvalue weighted by molar-refractivity contribution is 5.55. The van der Waals surface area contributed by atoms with Crippen LogP contribution in [0.25, 0.3) is 11.7 Å². The molecule has 1 aliphatic heterocycles. The smallest absolute Gasteiger partial charge is 0.159 e. The van der Waals surface area contributed by atoms with Crippen molar-refractivity contribution >= 4 is 11.7 Å². The van der Waals surface area contributed by atoms with Crippen molar-refractivity contribution in [1.82, 2.24) is 24.4 Å². The maximum absolute atomic E-state index is 4.82. The summed E-state index contributed by atoms with van der Waals surface area (Å²) in [5, 5.41) is 4.82. The number of hydrogen-bond donors (Lipinski definition) is 0. The quantitative estimate of drug-likeness (QED) is 0.550. The third kappa shape index (κ3) is 5.11. The van der Waals surface area contributed by atoms with Gasteiger partial charge in [-0.25, -0.2) is 9.50 Å². The molecule has 1 fully saturated rings. The van der Waals surface area contributed by atoms with Crippen LogP contribution in [0.2, 0.25) is 0 Å². The fourth-order valence-corrected chi connectivity index (χ4v) is 4.62. The lowest BCUT2D eigenvalue weighted by Crippen LogP contribution is -2.48. The predicted molar refractivity (Wildman–Crippen MR) is 133 cm³/mol. The summed E-state index contributed by atoms with van der Waals surface area (Å²) >= 11 is 0. The van der Waals surface area contributed by atoms with E-state index in [0.717, 1.165) is 55.2 Å². The molecule has 0 saturated carbocycles. The van der Waals surface area contributed by atoms with Gasteiger partial charge < -0.3 is 0 Å². The van der Waals surface area contributed by atoms with Crippen molar-refractivity contribution in [3.8, 4) is 0 Å². The third-order valence-corrected chi connectivity index (χ3v) is 6.58. The van der Waals surface area contributed by atoms with Gasteiger partial charge in [-0.2, -0.15) is 5.10 Å². The summed E-state index contributed by atoms with van der Waals surface area (Å²) in [5.74, 6) is 0. The zero-order valence-corrected chi connectivity index (χ0v) is 20.3. The highest BCUT2D eigenvalue weighted by Crippen LogP contribution is 2.21. The Balaban J connectivity index is 1.40. The van der Waals surface area contributed by atoms with Crippen molar-refractivity contribution < 1.29 is 0 Å². The van der Waals surface area contributed by atoms with Crippen LogP contribution in [0.1, 0.15) is 54.5 Å². The molecule has 0 unspecified atom stereocenters. The normalized spacial score (nSPS) is 16.1. The molecule has 0 atom stereocenters. The second-order valence-electron chi connectivity index (χ2n) is 9.30. The van der Waals surface area contributed by atoms with Crippen molar-refractivity contribution in [3.05, 3.63) is 70.2 Å². The zero-order valence-electron chi connectivity index (χ0n) is 20.3. The summed E-state index contributed by atoms with van der Waals surface area (Å²) in [6.07, 6.45) is 6.34. The molecule has 2 aromatic heterocycles. The van der Waals surface area contributed by atoms with Gasteiger partial charge in [0.2, 0.25) is 0 Å². The number of benzene rings is 1. The first-order valence-corrected chi connectivity index (χ1v) is 12.0. The Morgan fingerprint density at radius 2 is 1.75 bits per heavy atom. The average Bonchev–Trinajstić information content (AvgIpc) is 3.13. The van der Waals surface area contributed by atoms with E-state index in [9.17, 15) is 0 Å². The number of aryl methyl sites for hydroxylation is 3. The summed E-state index contributed by atoms with van der Waals surface area (Å²) in [5.41, 5.74) is 8.15. The second-order valence-corrected chi connectivity index (χ2v) is 9.30. The molecule has 3 aromatic rings. The molecule has 1 aliphatic rings. The van der Waals surface area contributed by atoms with Crippen molar-refractivity contribution in [2.75, 3.05) is 32.7 Å². The van der Waals surface area contributed by atoms with Gasteiger partial charge in [0.15, 0.2) is 5.65 Å². The Morgan fingerprint density at radius 3 is 2.41 bits per heavy atom. The van der Waals surface area contributed by atoms with Crippen molar-refractivity contribution in [2.24, 2.45) is 0 Å². The fourth-order valence-electron chi connectivity index (χ4n) is 4.62. The molecule has 0 bridgehead atoms. The zero-order chi connectivity index (χ0) is 22.7. The summed E-state index contributed by atoms with van der Waals surface area (Å²) in [4.78, 5) is 9.90. The summed E-state index contributed by atoms with van der Waals surface area (Å²) < 4.78 is 2.00. The molecule has 1 aromatic carbocycles. The summed E-state index contributed by atoms with van der Waals surface area (Å²) in [6.45, 7) is 16.6. The second kappa shape index (κ2) is 9.97. The molecule has 170 valence electrons. The number of hydrogen-bond acceptors (Lipinski definition) is 4. The largest absolute Gasteiger partial charge is 0.298 e. The van der Waals surface area contributed by atoms with E-state index < -0.39 is 0 Å². The van der Waals surface area contributed by atoms with Crippen LogP contribution in [0, 0.1) is 13.8 Å². The summed E-state index contributed by atoms with van der Waals surface area (Å²) in [7, 11) is 0. The Bertz CT molecular complexity index is 1070. The molecule has 0 aliphatic carbocycles. The van der Waals surface area contributed by atoms with Crippen LogP contribution in [-0.2, 0) is 12.8 Å². The topological polar surface area (TPSA) is 36.7 Å². The third-order valence-electron chi connectivity index (χ3n) is 6.58. The van der Waals surface area contributed by atoms with Crippen LogP contribution >= 0.6 is 0 Å². The monoisotopic (exact) mass is 431 g/mol. The van der Waals surface area contributed by atoms with Gasteiger partial charge in [0.1, 0.15) is 0 Å². The molecular weight excluding hydrogens is 394 g/mol. The van der Waals surface area contributed by atoms with Crippen LogP contribution in [0.5, 0.6) is 0 Å². The molecule has 0 N–H and O–H groups in total. The lowest BCUT2D eigenvalue weighted by atomic mass is 10.0. The Kier molecular flexibility index (Phi) is 7.07. The van der Waals surface area contributed by atoms with Gasteiger partial charge >= 0.3 is 0 Å². The highest BCUT2D eigenvalue weighted by atomic mass is 15.3. The van der Waals surface area contributed by atoms with Gasteiger partial charge in [-0.1, -0.05) is 43.3 Å². The van der Waals surface area contributed by atoms with E-state index in [-0.39, 0.29) is 0 Å². The maximum Gasteiger partial charge on any atom is 0.159 e. The molecule has 1 saturated heterocycles. The van der Waals surface area contributed by atoms with Crippen LogP contribution in [0.3, 0.4) is 0 Å². The first kappa shape index (κ1) is 22.7. The fraction of sp³-hybridized carbons (Fsp3) is 0.481. The van der Waals surface area contributed by atoms with E-state index in [1.165, 1.54) is 29.8 Å².